The largest absolute Gasteiger partial charge is 0.449 e. The molecule has 166 valence electrons. The molecule has 3 aromatic rings. The van der Waals surface area contributed by atoms with Crippen molar-refractivity contribution >= 4 is 6.09 Å². The van der Waals surface area contributed by atoms with Gasteiger partial charge in [0, 0.05) is 18.7 Å². The Bertz CT molecular complexity index is 1040. The predicted octanol–water partition coefficient (Wildman–Crippen LogP) is 2.90. The second kappa shape index (κ2) is 9.91. The molecule has 2 unspecified atom stereocenters. The minimum Gasteiger partial charge on any atom is -0.449 e. The number of benzene rings is 2. The third-order valence-electron chi connectivity index (χ3n) is 5.75. The molecule has 0 bridgehead atoms. The van der Waals surface area contributed by atoms with E-state index in [2.05, 4.69) is 34.6 Å². The van der Waals surface area contributed by atoms with Crippen LogP contribution in [0.25, 0.3) is 11.1 Å². The molecule has 1 aliphatic rings. The van der Waals surface area contributed by atoms with Crippen molar-refractivity contribution in [1.82, 2.24) is 10.3 Å². The number of aliphatic hydroxyl groups excluding tert-OH is 3. The summed E-state index contributed by atoms with van der Waals surface area (Å²) >= 11 is 0. The van der Waals surface area contributed by atoms with Crippen LogP contribution in [0.1, 0.15) is 40.8 Å². The van der Waals surface area contributed by atoms with E-state index in [-0.39, 0.29) is 37.8 Å². The lowest BCUT2D eigenvalue weighted by atomic mass is 9.98. The third-order valence-corrected chi connectivity index (χ3v) is 5.75. The van der Waals surface area contributed by atoms with E-state index < -0.39 is 18.3 Å². The number of nitrogens with zero attached hydrogens (tertiary/aromatic N) is 1. The molecule has 0 saturated heterocycles. The van der Waals surface area contributed by atoms with Gasteiger partial charge in [-0.15, -0.1) is 0 Å². The number of carbonyl (C=O) groups excluding carboxylic acids is 1. The van der Waals surface area contributed by atoms with Crippen LogP contribution in [0.5, 0.6) is 0 Å². The van der Waals surface area contributed by atoms with Crippen LogP contribution in [0.2, 0.25) is 0 Å². The zero-order valence-electron chi connectivity index (χ0n) is 17.5. The quantitative estimate of drug-likeness (QED) is 0.434. The molecular weight excluding hydrogens is 408 g/mol. The second-order valence-electron chi connectivity index (χ2n) is 7.80. The second-order valence-corrected chi connectivity index (χ2v) is 7.80. The van der Waals surface area contributed by atoms with Crippen LogP contribution in [-0.4, -0.2) is 45.7 Å². The number of fused-ring (bicyclic) bond motifs is 3. The summed E-state index contributed by atoms with van der Waals surface area (Å²) in [4.78, 5) is 16.2. The highest BCUT2D eigenvalue weighted by Gasteiger charge is 2.29. The number of nitrogens with one attached hydrogen (secondary N) is 1. The topological polar surface area (TPSA) is 112 Å². The van der Waals surface area contributed by atoms with E-state index >= 15 is 0 Å². The maximum absolute atomic E-state index is 12.2. The van der Waals surface area contributed by atoms with Crippen molar-refractivity contribution in [1.29, 1.82) is 0 Å². The van der Waals surface area contributed by atoms with E-state index in [9.17, 15) is 20.1 Å². The Morgan fingerprint density at radius 1 is 1.03 bits per heavy atom. The summed E-state index contributed by atoms with van der Waals surface area (Å²) in [7, 11) is 0. The lowest BCUT2D eigenvalue weighted by molar-refractivity contribution is 0.0111. The zero-order chi connectivity index (χ0) is 22.5. The number of alkyl carbamates (subject to hydrolysis) is 1. The lowest BCUT2D eigenvalue weighted by Crippen LogP contribution is -2.31. The first-order chi connectivity index (χ1) is 15.6. The van der Waals surface area contributed by atoms with Crippen molar-refractivity contribution in [2.45, 2.75) is 31.2 Å². The molecule has 0 saturated carbocycles. The van der Waals surface area contributed by atoms with Crippen LogP contribution < -0.4 is 5.32 Å². The Labute approximate surface area is 186 Å². The average Bonchev–Trinajstić information content (AvgIpc) is 3.16. The van der Waals surface area contributed by atoms with Gasteiger partial charge in [-0.25, -0.2) is 4.79 Å². The molecule has 4 N–H and O–H groups in total. The number of aliphatic hydroxyl groups is 3. The van der Waals surface area contributed by atoms with E-state index in [1.54, 1.807) is 6.07 Å². The first-order valence-corrected chi connectivity index (χ1v) is 10.6. The van der Waals surface area contributed by atoms with Crippen molar-refractivity contribution in [3.05, 3.63) is 89.2 Å². The smallest absolute Gasteiger partial charge is 0.407 e. The van der Waals surface area contributed by atoms with Crippen LogP contribution >= 0.6 is 0 Å². The summed E-state index contributed by atoms with van der Waals surface area (Å²) in [6, 6.07) is 19.4. The molecule has 32 heavy (non-hydrogen) atoms. The SMILES string of the molecule is O=C(NCCC(O)C(O)c1cc(CO)ccn1)OCC1c2ccccc2-c2ccccc21. The first kappa shape index (κ1) is 22.0. The Hall–Kier alpha value is -3.26. The molecule has 4 rings (SSSR count). The standard InChI is InChI=1S/C25H26N2O5/c28-14-16-9-11-26-22(13-16)24(30)23(29)10-12-27-25(31)32-15-21-19-7-3-1-5-17(19)18-6-2-4-8-20(18)21/h1-9,11,13,21,23-24,28-30H,10,12,14-15H2,(H,27,31). The number of ether oxygens (including phenoxy) is 1. The van der Waals surface area contributed by atoms with Crippen molar-refractivity contribution in [3.8, 4) is 11.1 Å². The number of aromatic nitrogens is 1. The van der Waals surface area contributed by atoms with Gasteiger partial charge < -0.3 is 25.4 Å². The van der Waals surface area contributed by atoms with Crippen molar-refractivity contribution in [3.63, 3.8) is 0 Å². The Kier molecular flexibility index (Phi) is 6.80. The monoisotopic (exact) mass is 434 g/mol. The van der Waals surface area contributed by atoms with Gasteiger partial charge in [0.15, 0.2) is 0 Å². The molecule has 1 heterocycles. The minimum atomic E-state index is -1.22. The molecule has 7 heteroatoms. The van der Waals surface area contributed by atoms with Crippen molar-refractivity contribution < 1.29 is 24.9 Å². The molecule has 0 fully saturated rings. The molecule has 1 aromatic heterocycles. The summed E-state index contributed by atoms with van der Waals surface area (Å²) in [5, 5.41) is 32.3. The van der Waals surface area contributed by atoms with E-state index in [4.69, 9.17) is 4.74 Å². The van der Waals surface area contributed by atoms with Gasteiger partial charge in [0.05, 0.1) is 18.4 Å². The summed E-state index contributed by atoms with van der Waals surface area (Å²) in [6.45, 7) is 0.166. The Morgan fingerprint density at radius 2 is 1.69 bits per heavy atom. The highest BCUT2D eigenvalue weighted by molar-refractivity contribution is 5.79. The van der Waals surface area contributed by atoms with Gasteiger partial charge in [-0.05, 0) is 46.4 Å². The van der Waals surface area contributed by atoms with E-state index in [0.29, 0.717) is 5.56 Å². The van der Waals surface area contributed by atoms with Gasteiger partial charge in [-0.3, -0.25) is 4.98 Å². The Balaban J connectivity index is 1.28. The van der Waals surface area contributed by atoms with E-state index in [0.717, 1.165) is 22.3 Å². The first-order valence-electron chi connectivity index (χ1n) is 10.6. The van der Waals surface area contributed by atoms with Gasteiger partial charge in [0.25, 0.3) is 0 Å². The molecule has 1 aliphatic carbocycles. The maximum Gasteiger partial charge on any atom is 0.407 e. The van der Waals surface area contributed by atoms with Gasteiger partial charge in [0.1, 0.15) is 12.7 Å². The van der Waals surface area contributed by atoms with E-state index in [1.807, 2.05) is 24.3 Å². The number of carbonyl (C=O) groups is 1. The Morgan fingerprint density at radius 3 is 2.34 bits per heavy atom. The predicted molar refractivity (Wildman–Crippen MR) is 119 cm³/mol. The van der Waals surface area contributed by atoms with Crippen LogP contribution in [0.3, 0.4) is 0 Å². The zero-order valence-corrected chi connectivity index (χ0v) is 17.5. The van der Waals surface area contributed by atoms with Crippen LogP contribution in [-0.2, 0) is 11.3 Å². The normalized spacial score (nSPS) is 14.3. The summed E-state index contributed by atoms with van der Waals surface area (Å²) < 4.78 is 5.46. The number of amides is 1. The number of hydrogen-bond acceptors (Lipinski definition) is 6. The molecule has 2 atom stereocenters. The summed E-state index contributed by atoms with van der Waals surface area (Å²) in [6.07, 6.45) is -1.33. The minimum absolute atomic E-state index is 0.0227. The fourth-order valence-electron chi connectivity index (χ4n) is 4.08. The molecule has 7 nitrogen and oxygen atoms in total. The molecular formula is C25H26N2O5. The van der Waals surface area contributed by atoms with Crippen LogP contribution in [0.4, 0.5) is 4.79 Å². The average molecular weight is 434 g/mol. The van der Waals surface area contributed by atoms with Crippen LogP contribution in [0.15, 0.2) is 66.9 Å². The van der Waals surface area contributed by atoms with Crippen LogP contribution in [0, 0.1) is 0 Å². The fourth-order valence-corrected chi connectivity index (χ4v) is 4.08. The van der Waals surface area contributed by atoms with Gasteiger partial charge in [-0.1, -0.05) is 48.5 Å². The molecule has 1 amide bonds. The van der Waals surface area contributed by atoms with Gasteiger partial charge in [0.2, 0.25) is 0 Å². The highest BCUT2D eigenvalue weighted by Crippen LogP contribution is 2.44. The summed E-state index contributed by atoms with van der Waals surface area (Å²) in [5.41, 5.74) is 5.46. The molecule has 0 spiro atoms. The molecule has 2 aromatic carbocycles. The highest BCUT2D eigenvalue weighted by atomic mass is 16.5. The molecule has 0 radical (unpaired) electrons. The summed E-state index contributed by atoms with van der Waals surface area (Å²) in [5.74, 6) is -0.0227. The van der Waals surface area contributed by atoms with E-state index in [1.165, 1.54) is 12.3 Å². The third kappa shape index (κ3) is 4.65. The van der Waals surface area contributed by atoms with Crippen molar-refractivity contribution in [2.75, 3.05) is 13.2 Å². The fraction of sp³-hybridized carbons (Fsp3) is 0.280. The lowest BCUT2D eigenvalue weighted by Gasteiger charge is -2.18. The number of rotatable bonds is 8. The molecule has 0 aliphatic heterocycles. The van der Waals surface area contributed by atoms with Gasteiger partial charge >= 0.3 is 6.09 Å². The maximum atomic E-state index is 12.2. The number of hydrogen-bond donors (Lipinski definition) is 4. The van der Waals surface area contributed by atoms with Gasteiger partial charge in [-0.2, -0.15) is 0 Å². The van der Waals surface area contributed by atoms with Crippen molar-refractivity contribution in [2.24, 2.45) is 0 Å². The number of pyridine rings is 1.